The fourth-order valence-corrected chi connectivity index (χ4v) is 1.95. The molecule has 19 heavy (non-hydrogen) atoms. The molecule has 2 heteroatoms. The second-order valence-corrected chi connectivity index (χ2v) is 6.65. The van der Waals surface area contributed by atoms with Gasteiger partial charge in [0.2, 0.25) is 0 Å². The Bertz CT molecular complexity index is 391. The Hall–Kier alpha value is -0.860. The van der Waals surface area contributed by atoms with Crippen LogP contribution >= 0.6 is 0 Å². The molecule has 1 atom stereocenters. The van der Waals surface area contributed by atoms with Crippen molar-refractivity contribution in [2.75, 3.05) is 13.1 Å². The van der Waals surface area contributed by atoms with Gasteiger partial charge in [0.05, 0.1) is 0 Å². The molecule has 0 spiro atoms. The second-order valence-electron chi connectivity index (χ2n) is 6.65. The van der Waals surface area contributed by atoms with Gasteiger partial charge >= 0.3 is 0 Å². The van der Waals surface area contributed by atoms with Crippen molar-refractivity contribution in [2.24, 2.45) is 0 Å². The normalized spacial score (nSPS) is 13.6. The van der Waals surface area contributed by atoms with E-state index in [1.54, 1.807) is 0 Å². The Kier molecular flexibility index (Phi) is 6.02. The fraction of sp³-hybridized carbons (Fsp3) is 0.647. The molecular formula is C17H30N2. The van der Waals surface area contributed by atoms with Crippen molar-refractivity contribution in [2.45, 2.75) is 59.5 Å². The average molecular weight is 262 g/mol. The van der Waals surface area contributed by atoms with E-state index in [9.17, 15) is 0 Å². The summed E-state index contributed by atoms with van der Waals surface area (Å²) in [5.74, 6) is 0. The Balaban J connectivity index is 2.28. The molecule has 2 N–H and O–H groups in total. The van der Waals surface area contributed by atoms with Gasteiger partial charge in [0.1, 0.15) is 0 Å². The molecule has 0 aromatic heterocycles. The number of rotatable bonds is 6. The number of hydrogen-bond donors (Lipinski definition) is 2. The first-order valence-electron chi connectivity index (χ1n) is 7.32. The Morgan fingerprint density at radius 2 is 1.79 bits per heavy atom. The van der Waals surface area contributed by atoms with Crippen LogP contribution in [0.15, 0.2) is 18.2 Å². The van der Waals surface area contributed by atoms with Crippen molar-refractivity contribution in [1.29, 1.82) is 0 Å². The molecule has 2 nitrogen and oxygen atoms in total. The molecule has 0 aliphatic heterocycles. The second kappa shape index (κ2) is 7.06. The molecule has 0 bridgehead atoms. The summed E-state index contributed by atoms with van der Waals surface area (Å²) in [5, 5.41) is 7.10. The minimum atomic E-state index is 0.198. The summed E-state index contributed by atoms with van der Waals surface area (Å²) >= 11 is 0. The minimum Gasteiger partial charge on any atom is -0.313 e. The maximum atomic E-state index is 3.58. The maximum Gasteiger partial charge on any atom is 0.0164 e. The standard InChI is InChI=1S/C17H30N2/c1-13-7-8-16(11-14(13)2)9-10-18-15(3)12-19-17(4,5)6/h7-8,11,15,18-19H,9-10,12H2,1-6H3. The molecule has 0 saturated heterocycles. The monoisotopic (exact) mass is 262 g/mol. The third-order valence-electron chi connectivity index (χ3n) is 3.42. The largest absolute Gasteiger partial charge is 0.313 e. The van der Waals surface area contributed by atoms with E-state index in [1.807, 2.05) is 0 Å². The zero-order chi connectivity index (χ0) is 14.5. The SMILES string of the molecule is Cc1ccc(CCNC(C)CNC(C)(C)C)cc1C. The fourth-order valence-electron chi connectivity index (χ4n) is 1.95. The molecule has 1 unspecified atom stereocenters. The third-order valence-corrected chi connectivity index (χ3v) is 3.42. The van der Waals surface area contributed by atoms with Crippen molar-refractivity contribution in [3.05, 3.63) is 34.9 Å². The molecular weight excluding hydrogens is 232 g/mol. The predicted molar refractivity (Wildman–Crippen MR) is 84.8 cm³/mol. The first kappa shape index (κ1) is 16.2. The molecule has 1 rings (SSSR count). The van der Waals surface area contributed by atoms with Crippen LogP contribution < -0.4 is 10.6 Å². The van der Waals surface area contributed by atoms with Crippen molar-refractivity contribution < 1.29 is 0 Å². The molecule has 0 aliphatic rings. The van der Waals surface area contributed by atoms with Crippen LogP contribution in [0, 0.1) is 13.8 Å². The van der Waals surface area contributed by atoms with E-state index in [0.29, 0.717) is 6.04 Å². The van der Waals surface area contributed by atoms with Crippen LogP contribution in [-0.2, 0) is 6.42 Å². The molecule has 0 heterocycles. The summed E-state index contributed by atoms with van der Waals surface area (Å²) in [6.07, 6.45) is 1.10. The van der Waals surface area contributed by atoms with Gasteiger partial charge in [0.25, 0.3) is 0 Å². The van der Waals surface area contributed by atoms with Crippen LogP contribution in [0.3, 0.4) is 0 Å². The number of benzene rings is 1. The van der Waals surface area contributed by atoms with Crippen LogP contribution in [0.1, 0.15) is 44.4 Å². The van der Waals surface area contributed by atoms with E-state index >= 15 is 0 Å². The summed E-state index contributed by atoms with van der Waals surface area (Å²) in [4.78, 5) is 0. The van der Waals surface area contributed by atoms with Crippen molar-refractivity contribution in [3.8, 4) is 0 Å². The van der Waals surface area contributed by atoms with Gasteiger partial charge in [0.15, 0.2) is 0 Å². The van der Waals surface area contributed by atoms with Crippen LogP contribution in [0.2, 0.25) is 0 Å². The predicted octanol–water partition coefficient (Wildman–Crippen LogP) is 3.21. The van der Waals surface area contributed by atoms with Gasteiger partial charge in [-0.1, -0.05) is 18.2 Å². The maximum absolute atomic E-state index is 3.58. The lowest BCUT2D eigenvalue weighted by Crippen LogP contribution is -2.44. The minimum absolute atomic E-state index is 0.198. The summed E-state index contributed by atoms with van der Waals surface area (Å²) in [6.45, 7) is 15.2. The van der Waals surface area contributed by atoms with E-state index in [0.717, 1.165) is 19.5 Å². The quantitative estimate of drug-likeness (QED) is 0.822. The van der Waals surface area contributed by atoms with Crippen LogP contribution in [0.5, 0.6) is 0 Å². The Morgan fingerprint density at radius 1 is 1.11 bits per heavy atom. The van der Waals surface area contributed by atoms with Crippen LogP contribution in [0.25, 0.3) is 0 Å². The molecule has 108 valence electrons. The summed E-state index contributed by atoms with van der Waals surface area (Å²) in [6, 6.07) is 7.26. The Labute approximate surface area is 119 Å². The first-order valence-corrected chi connectivity index (χ1v) is 7.32. The van der Waals surface area contributed by atoms with Gasteiger partial charge in [-0.05, 0) is 71.2 Å². The van der Waals surface area contributed by atoms with Gasteiger partial charge in [-0.15, -0.1) is 0 Å². The van der Waals surface area contributed by atoms with Gasteiger partial charge in [-0.2, -0.15) is 0 Å². The zero-order valence-electron chi connectivity index (χ0n) is 13.4. The van der Waals surface area contributed by atoms with Gasteiger partial charge in [0, 0.05) is 18.1 Å². The topological polar surface area (TPSA) is 24.1 Å². The van der Waals surface area contributed by atoms with Gasteiger partial charge in [-0.3, -0.25) is 0 Å². The van der Waals surface area contributed by atoms with E-state index in [4.69, 9.17) is 0 Å². The van der Waals surface area contributed by atoms with Gasteiger partial charge in [-0.25, -0.2) is 0 Å². The van der Waals surface area contributed by atoms with E-state index in [-0.39, 0.29) is 5.54 Å². The lowest BCUT2D eigenvalue weighted by Gasteiger charge is -2.24. The highest BCUT2D eigenvalue weighted by molar-refractivity contribution is 5.30. The first-order chi connectivity index (χ1) is 8.78. The van der Waals surface area contributed by atoms with Crippen molar-refractivity contribution in [3.63, 3.8) is 0 Å². The molecule has 1 aromatic carbocycles. The summed E-state index contributed by atoms with van der Waals surface area (Å²) in [7, 11) is 0. The van der Waals surface area contributed by atoms with Crippen LogP contribution in [-0.4, -0.2) is 24.7 Å². The van der Waals surface area contributed by atoms with Crippen LogP contribution in [0.4, 0.5) is 0 Å². The number of nitrogens with one attached hydrogen (secondary N) is 2. The summed E-state index contributed by atoms with van der Waals surface area (Å²) < 4.78 is 0. The van der Waals surface area contributed by atoms with E-state index < -0.39 is 0 Å². The highest BCUT2D eigenvalue weighted by atomic mass is 15.0. The molecule has 0 radical (unpaired) electrons. The molecule has 0 amide bonds. The average Bonchev–Trinajstić information content (AvgIpc) is 2.30. The molecule has 0 fully saturated rings. The molecule has 0 aliphatic carbocycles. The highest BCUT2D eigenvalue weighted by Gasteiger charge is 2.10. The number of hydrogen-bond acceptors (Lipinski definition) is 2. The molecule has 0 saturated carbocycles. The zero-order valence-corrected chi connectivity index (χ0v) is 13.4. The lowest BCUT2D eigenvalue weighted by atomic mass is 10.0. The molecule has 1 aromatic rings. The smallest absolute Gasteiger partial charge is 0.0164 e. The summed E-state index contributed by atoms with van der Waals surface area (Å²) in [5.41, 5.74) is 4.38. The lowest BCUT2D eigenvalue weighted by molar-refractivity contribution is 0.389. The Morgan fingerprint density at radius 3 is 2.37 bits per heavy atom. The highest BCUT2D eigenvalue weighted by Crippen LogP contribution is 2.10. The van der Waals surface area contributed by atoms with Crippen molar-refractivity contribution >= 4 is 0 Å². The third kappa shape index (κ3) is 6.74. The van der Waals surface area contributed by atoms with Crippen molar-refractivity contribution in [1.82, 2.24) is 10.6 Å². The van der Waals surface area contributed by atoms with E-state index in [2.05, 4.69) is 70.4 Å². The van der Waals surface area contributed by atoms with E-state index in [1.165, 1.54) is 16.7 Å². The van der Waals surface area contributed by atoms with Gasteiger partial charge < -0.3 is 10.6 Å². The number of aryl methyl sites for hydroxylation is 2.